The Morgan fingerprint density at radius 3 is 2.76 bits per heavy atom. The summed E-state index contributed by atoms with van der Waals surface area (Å²) < 4.78 is 14.5. The molecule has 1 N–H and O–H groups in total. The summed E-state index contributed by atoms with van der Waals surface area (Å²) in [5, 5.41) is 11.1. The van der Waals surface area contributed by atoms with Gasteiger partial charge in [0.05, 0.1) is 18.3 Å². The third-order valence-electron chi connectivity index (χ3n) is 4.83. The van der Waals surface area contributed by atoms with Gasteiger partial charge in [-0.1, -0.05) is 26.2 Å². The molecule has 0 aromatic carbocycles. The maximum Gasteiger partial charge on any atom is 0.252 e. The van der Waals surface area contributed by atoms with Gasteiger partial charge >= 0.3 is 0 Å². The van der Waals surface area contributed by atoms with Crippen molar-refractivity contribution < 1.29 is 9.84 Å². The quantitative estimate of drug-likeness (QED) is 0.784. The Morgan fingerprint density at radius 1 is 1.29 bits per heavy atom. The van der Waals surface area contributed by atoms with Crippen molar-refractivity contribution in [1.82, 2.24) is 13.6 Å². The summed E-state index contributed by atoms with van der Waals surface area (Å²) in [5.74, 6) is 0.863. The molecule has 3 fully saturated rings. The number of ether oxygens (including phenoxy) is 1. The van der Waals surface area contributed by atoms with E-state index in [9.17, 15) is 5.11 Å². The largest absolute Gasteiger partial charge is 0.476 e. The molecule has 21 heavy (non-hydrogen) atoms. The van der Waals surface area contributed by atoms with E-state index < -0.39 is 5.60 Å². The van der Waals surface area contributed by atoms with Gasteiger partial charge in [0.15, 0.2) is 5.69 Å². The third-order valence-corrected chi connectivity index (χ3v) is 5.34. The first kappa shape index (κ1) is 15.2. The molecule has 3 aliphatic rings. The molecule has 4 rings (SSSR count). The van der Waals surface area contributed by atoms with Crippen molar-refractivity contribution in [2.75, 3.05) is 26.2 Å². The van der Waals surface area contributed by atoms with E-state index in [1.807, 2.05) is 0 Å². The maximum atomic E-state index is 11.1. The first-order valence-corrected chi connectivity index (χ1v) is 8.87. The SMILES string of the molecule is CCCCCCOc1nsnc1C1(O)CN2CCC1CC2. The molecule has 1 atom stereocenters. The molecule has 1 unspecified atom stereocenters. The van der Waals surface area contributed by atoms with Crippen LogP contribution in [0, 0.1) is 5.92 Å². The molecule has 3 aliphatic heterocycles. The number of nitrogens with zero attached hydrogens (tertiary/aromatic N) is 3. The minimum absolute atomic E-state index is 0.300. The van der Waals surface area contributed by atoms with Crippen LogP contribution in [0.25, 0.3) is 0 Å². The van der Waals surface area contributed by atoms with Crippen molar-refractivity contribution in [2.24, 2.45) is 5.92 Å². The molecule has 118 valence electrons. The first-order valence-electron chi connectivity index (χ1n) is 8.14. The number of rotatable bonds is 7. The van der Waals surface area contributed by atoms with Crippen molar-refractivity contribution in [3.63, 3.8) is 0 Å². The Kier molecular flexibility index (Phi) is 4.76. The van der Waals surface area contributed by atoms with Crippen LogP contribution < -0.4 is 4.74 Å². The van der Waals surface area contributed by atoms with E-state index in [1.165, 1.54) is 19.3 Å². The van der Waals surface area contributed by atoms with Gasteiger partial charge in [-0.2, -0.15) is 4.37 Å². The number of aromatic nitrogens is 2. The number of fused-ring (bicyclic) bond motifs is 3. The van der Waals surface area contributed by atoms with Crippen LogP contribution in [-0.2, 0) is 5.60 Å². The van der Waals surface area contributed by atoms with Gasteiger partial charge in [0.1, 0.15) is 5.60 Å². The highest BCUT2D eigenvalue weighted by molar-refractivity contribution is 6.99. The van der Waals surface area contributed by atoms with Crippen LogP contribution >= 0.6 is 11.7 Å². The summed E-state index contributed by atoms with van der Waals surface area (Å²) in [7, 11) is 0. The van der Waals surface area contributed by atoms with Gasteiger partial charge in [-0.05, 0) is 38.3 Å². The van der Waals surface area contributed by atoms with Gasteiger partial charge in [-0.25, -0.2) is 0 Å². The van der Waals surface area contributed by atoms with Crippen molar-refractivity contribution >= 4 is 11.7 Å². The standard InChI is InChI=1S/C15H25N3O2S/c1-2-3-4-5-10-20-14-13(16-21-17-14)15(19)11-18-8-6-12(15)7-9-18/h12,19H,2-11H2,1H3. The Labute approximate surface area is 130 Å². The van der Waals surface area contributed by atoms with E-state index in [1.54, 1.807) is 0 Å². The first-order chi connectivity index (χ1) is 10.2. The minimum Gasteiger partial charge on any atom is -0.476 e. The van der Waals surface area contributed by atoms with E-state index >= 15 is 0 Å². The summed E-state index contributed by atoms with van der Waals surface area (Å²) >= 11 is 1.15. The molecule has 4 heterocycles. The van der Waals surface area contributed by atoms with E-state index in [0.29, 0.717) is 30.6 Å². The number of hydrogen-bond donors (Lipinski definition) is 1. The number of aliphatic hydroxyl groups is 1. The molecule has 0 spiro atoms. The second-order valence-electron chi connectivity index (χ2n) is 6.30. The fraction of sp³-hybridized carbons (Fsp3) is 0.867. The van der Waals surface area contributed by atoms with Gasteiger partial charge in [-0.15, -0.1) is 4.37 Å². The lowest BCUT2D eigenvalue weighted by molar-refractivity contribution is -0.121. The predicted octanol–water partition coefficient (Wildman–Crippen LogP) is 2.41. The van der Waals surface area contributed by atoms with Crippen molar-refractivity contribution in [2.45, 2.75) is 51.0 Å². The lowest BCUT2D eigenvalue weighted by Gasteiger charge is -2.49. The van der Waals surface area contributed by atoms with Gasteiger partial charge in [0, 0.05) is 6.54 Å². The smallest absolute Gasteiger partial charge is 0.252 e. The zero-order chi connectivity index (χ0) is 14.7. The average Bonchev–Trinajstić information content (AvgIpc) is 2.97. The predicted molar refractivity (Wildman–Crippen MR) is 82.6 cm³/mol. The van der Waals surface area contributed by atoms with Gasteiger partial charge in [-0.3, -0.25) is 0 Å². The maximum absolute atomic E-state index is 11.1. The van der Waals surface area contributed by atoms with Crippen LogP contribution in [0.1, 0.15) is 51.1 Å². The molecule has 0 saturated carbocycles. The highest BCUT2D eigenvalue weighted by atomic mass is 32.1. The number of unbranched alkanes of at least 4 members (excludes halogenated alkanes) is 3. The van der Waals surface area contributed by atoms with Crippen LogP contribution in [-0.4, -0.2) is 45.0 Å². The Balaban J connectivity index is 1.64. The second kappa shape index (κ2) is 6.58. The van der Waals surface area contributed by atoms with Crippen LogP contribution in [0.5, 0.6) is 5.88 Å². The summed E-state index contributed by atoms with van der Waals surface area (Å²) in [5.41, 5.74) is -0.181. The molecule has 2 bridgehead atoms. The highest BCUT2D eigenvalue weighted by Gasteiger charge is 2.49. The lowest BCUT2D eigenvalue weighted by Crippen LogP contribution is -2.57. The monoisotopic (exact) mass is 311 g/mol. The minimum atomic E-state index is -0.859. The summed E-state index contributed by atoms with van der Waals surface area (Å²) in [6.07, 6.45) is 6.78. The molecule has 5 nitrogen and oxygen atoms in total. The van der Waals surface area contributed by atoms with Gasteiger partial charge < -0.3 is 14.7 Å². The third kappa shape index (κ3) is 3.07. The van der Waals surface area contributed by atoms with E-state index in [2.05, 4.69) is 20.6 Å². The lowest BCUT2D eigenvalue weighted by atomic mass is 9.73. The Hall–Kier alpha value is -0.720. The Bertz CT molecular complexity index is 460. The fourth-order valence-electron chi connectivity index (χ4n) is 3.54. The van der Waals surface area contributed by atoms with Crippen LogP contribution in [0.15, 0.2) is 0 Å². The zero-order valence-electron chi connectivity index (χ0n) is 12.8. The summed E-state index contributed by atoms with van der Waals surface area (Å²) in [4.78, 5) is 2.32. The molecule has 0 radical (unpaired) electrons. The van der Waals surface area contributed by atoms with E-state index in [-0.39, 0.29) is 0 Å². The van der Waals surface area contributed by atoms with Gasteiger partial charge in [0.25, 0.3) is 5.88 Å². The fourth-order valence-corrected chi connectivity index (χ4v) is 4.12. The molecule has 1 aromatic heterocycles. The molecular weight excluding hydrogens is 286 g/mol. The topological polar surface area (TPSA) is 58.5 Å². The van der Waals surface area contributed by atoms with Crippen LogP contribution in [0.3, 0.4) is 0 Å². The highest BCUT2D eigenvalue weighted by Crippen LogP contribution is 2.44. The summed E-state index contributed by atoms with van der Waals surface area (Å²) in [6.45, 7) is 5.74. The van der Waals surface area contributed by atoms with Crippen molar-refractivity contribution in [3.8, 4) is 5.88 Å². The normalized spacial score (nSPS) is 31.5. The van der Waals surface area contributed by atoms with Crippen LogP contribution in [0.4, 0.5) is 0 Å². The molecule has 0 aliphatic carbocycles. The number of piperidine rings is 3. The molecular formula is C15H25N3O2S. The Morgan fingerprint density at radius 2 is 2.10 bits per heavy atom. The molecule has 1 aromatic rings. The molecule has 0 amide bonds. The van der Waals surface area contributed by atoms with E-state index in [4.69, 9.17) is 4.74 Å². The van der Waals surface area contributed by atoms with E-state index in [0.717, 1.165) is 44.1 Å². The molecule has 3 saturated heterocycles. The number of hydrogen-bond acceptors (Lipinski definition) is 6. The molecule has 6 heteroatoms. The van der Waals surface area contributed by atoms with Crippen molar-refractivity contribution in [3.05, 3.63) is 5.69 Å². The summed E-state index contributed by atoms with van der Waals surface area (Å²) in [6, 6.07) is 0. The average molecular weight is 311 g/mol. The van der Waals surface area contributed by atoms with Gasteiger partial charge in [0.2, 0.25) is 0 Å². The zero-order valence-corrected chi connectivity index (χ0v) is 13.6. The second-order valence-corrected chi connectivity index (χ2v) is 6.83. The van der Waals surface area contributed by atoms with Crippen molar-refractivity contribution in [1.29, 1.82) is 0 Å². The van der Waals surface area contributed by atoms with Crippen LogP contribution in [0.2, 0.25) is 0 Å².